The number of nitrogens with zero attached hydrogens (tertiary/aromatic N) is 4. The molecule has 1 aromatic heterocycles. The largest absolute Gasteiger partial charge is 0.481 e. The minimum atomic E-state index is -4.64. The molecule has 1 aliphatic heterocycles. The summed E-state index contributed by atoms with van der Waals surface area (Å²) in [5.41, 5.74) is 5.64. The van der Waals surface area contributed by atoms with E-state index < -0.39 is 47.4 Å². The number of nitrogens with two attached hydrogens (primary N) is 1. The van der Waals surface area contributed by atoms with Gasteiger partial charge in [0.25, 0.3) is 0 Å². The predicted octanol–water partition coefficient (Wildman–Crippen LogP) is 7.57. The first-order valence-electron chi connectivity index (χ1n) is 16.2. The first-order valence-corrected chi connectivity index (χ1v) is 16.2. The number of carboxylic acids is 1. The Morgan fingerprint density at radius 2 is 1.39 bits per heavy atom. The molecule has 2 aromatic rings. The highest BCUT2D eigenvalue weighted by molar-refractivity contribution is 5.77. The van der Waals surface area contributed by atoms with Crippen LogP contribution in [0.5, 0.6) is 0 Å². The number of aromatic nitrogens is 3. The zero-order valence-corrected chi connectivity index (χ0v) is 26.6. The quantitative estimate of drug-likeness (QED) is 0.0967. The summed E-state index contributed by atoms with van der Waals surface area (Å²) in [6.45, 7) is 1.96. The van der Waals surface area contributed by atoms with Gasteiger partial charge < -0.3 is 20.3 Å². The summed E-state index contributed by atoms with van der Waals surface area (Å²) in [4.78, 5) is 23.9. The number of halogens is 6. The third-order valence-corrected chi connectivity index (χ3v) is 7.86. The first-order chi connectivity index (χ1) is 21.8. The van der Waals surface area contributed by atoms with Crippen molar-refractivity contribution in [1.82, 2.24) is 19.7 Å². The molecule has 0 unspecified atom stereocenters. The molecule has 0 spiro atoms. The van der Waals surface area contributed by atoms with Gasteiger partial charge in [-0.15, -0.1) is 10.2 Å². The summed E-state index contributed by atoms with van der Waals surface area (Å²) >= 11 is 0. The molecule has 0 saturated carbocycles. The number of fused-ring (bicyclic) bond motifs is 1. The molecule has 14 heteroatoms. The van der Waals surface area contributed by atoms with Crippen LogP contribution in [0.1, 0.15) is 120 Å². The third-order valence-electron chi connectivity index (χ3n) is 7.86. The third kappa shape index (κ3) is 14.1. The molecule has 1 aliphatic rings. The van der Waals surface area contributed by atoms with Gasteiger partial charge in [0, 0.05) is 38.0 Å². The lowest BCUT2D eigenvalue weighted by molar-refractivity contribution is -0.148. The van der Waals surface area contributed by atoms with Crippen molar-refractivity contribution in [3.63, 3.8) is 0 Å². The summed E-state index contributed by atoms with van der Waals surface area (Å²) in [6.07, 6.45) is 12.2. The molecule has 1 amide bonds. The van der Waals surface area contributed by atoms with Gasteiger partial charge in [0.1, 0.15) is 5.82 Å². The number of unbranched alkanes of at least 4 members (excludes halogenated alkanes) is 12. The smallest absolute Gasteiger partial charge is 0.451 e. The van der Waals surface area contributed by atoms with E-state index in [9.17, 15) is 35.9 Å². The van der Waals surface area contributed by atoms with E-state index in [0.717, 1.165) is 17.4 Å². The van der Waals surface area contributed by atoms with E-state index in [1.807, 2.05) is 0 Å². The Kier molecular flexibility index (Phi) is 17.1. The number of carboxylic acid groups (broad SMARTS) is 1. The fourth-order valence-corrected chi connectivity index (χ4v) is 5.30. The number of alkyl halides is 3. The number of hydrogen-bond acceptors (Lipinski definition) is 5. The van der Waals surface area contributed by atoms with Gasteiger partial charge >= 0.3 is 12.1 Å². The van der Waals surface area contributed by atoms with Crippen LogP contribution in [0.2, 0.25) is 0 Å². The highest BCUT2D eigenvalue weighted by atomic mass is 19.4. The van der Waals surface area contributed by atoms with E-state index in [2.05, 4.69) is 17.1 Å². The molecule has 46 heavy (non-hydrogen) atoms. The van der Waals surface area contributed by atoms with Gasteiger partial charge in [-0.1, -0.05) is 84.0 Å². The van der Waals surface area contributed by atoms with Gasteiger partial charge in [0.05, 0.1) is 6.54 Å². The fourth-order valence-electron chi connectivity index (χ4n) is 5.30. The van der Waals surface area contributed by atoms with Gasteiger partial charge in [0.15, 0.2) is 17.5 Å². The van der Waals surface area contributed by atoms with Crippen LogP contribution in [0.25, 0.3) is 0 Å². The van der Waals surface area contributed by atoms with Crippen molar-refractivity contribution in [1.29, 1.82) is 0 Å². The summed E-state index contributed by atoms with van der Waals surface area (Å²) < 4.78 is 79.3. The maximum Gasteiger partial charge on any atom is 0.451 e. The number of carbonyl (C=O) groups is 2. The Balaban J connectivity index is 0.000000356. The fraction of sp³-hybridized carbons (Fsp3) is 0.688. The monoisotopic (exact) mass is 663 g/mol. The second kappa shape index (κ2) is 20.2. The first kappa shape index (κ1) is 39.0. The van der Waals surface area contributed by atoms with Crippen molar-refractivity contribution in [3.8, 4) is 0 Å². The van der Waals surface area contributed by atoms with Crippen LogP contribution in [-0.4, -0.2) is 49.2 Å². The van der Waals surface area contributed by atoms with Gasteiger partial charge in [-0.05, 0) is 24.5 Å². The van der Waals surface area contributed by atoms with Crippen molar-refractivity contribution in [2.75, 3.05) is 6.54 Å². The van der Waals surface area contributed by atoms with E-state index in [1.54, 1.807) is 0 Å². The highest BCUT2D eigenvalue weighted by Crippen LogP contribution is 2.29. The minimum Gasteiger partial charge on any atom is -0.481 e. The zero-order valence-electron chi connectivity index (χ0n) is 26.6. The topological polar surface area (TPSA) is 114 Å². The number of rotatable bonds is 18. The molecule has 260 valence electrons. The van der Waals surface area contributed by atoms with Crippen molar-refractivity contribution in [2.24, 2.45) is 5.73 Å². The van der Waals surface area contributed by atoms with Gasteiger partial charge in [0.2, 0.25) is 11.7 Å². The van der Waals surface area contributed by atoms with E-state index >= 15 is 0 Å². The number of hydrogen-bond donors (Lipinski definition) is 2. The summed E-state index contributed by atoms with van der Waals surface area (Å²) in [7, 11) is 0. The maximum atomic E-state index is 13.7. The molecule has 1 aromatic carbocycles. The van der Waals surface area contributed by atoms with Crippen LogP contribution in [0.15, 0.2) is 12.1 Å². The van der Waals surface area contributed by atoms with E-state index in [0.29, 0.717) is 18.6 Å². The normalized spacial score (nSPS) is 13.6. The van der Waals surface area contributed by atoms with Gasteiger partial charge in [-0.2, -0.15) is 13.2 Å². The predicted molar refractivity (Wildman–Crippen MR) is 161 cm³/mol. The van der Waals surface area contributed by atoms with E-state index in [-0.39, 0.29) is 43.9 Å². The molecule has 0 saturated heterocycles. The summed E-state index contributed by atoms with van der Waals surface area (Å²) in [5, 5.41) is 15.1. The van der Waals surface area contributed by atoms with Crippen molar-refractivity contribution >= 4 is 11.9 Å². The van der Waals surface area contributed by atoms with Gasteiger partial charge in [-0.3, -0.25) is 9.59 Å². The van der Waals surface area contributed by atoms with Crippen LogP contribution in [0.4, 0.5) is 26.3 Å². The Morgan fingerprint density at radius 3 is 1.93 bits per heavy atom. The maximum absolute atomic E-state index is 13.7. The average molecular weight is 664 g/mol. The SMILES string of the molecule is CCCCCCCCCCCCCCCC(=O)O.N[C@@H](CC(=O)N1CCn2c(nnc2C(F)(F)F)C1)Cc1cc(F)c(F)cc1F. The lowest BCUT2D eigenvalue weighted by Gasteiger charge is -2.29. The number of aliphatic carboxylic acids is 1. The minimum absolute atomic E-state index is 0.000783. The molecule has 0 aliphatic carbocycles. The summed E-state index contributed by atoms with van der Waals surface area (Å²) in [6, 6.07) is 0.184. The van der Waals surface area contributed by atoms with Crippen molar-refractivity contribution < 1.29 is 41.0 Å². The van der Waals surface area contributed by atoms with Crippen molar-refractivity contribution in [3.05, 3.63) is 46.8 Å². The Hall–Kier alpha value is -3.16. The molecular formula is C32H47F6N5O3. The second-order valence-corrected chi connectivity index (χ2v) is 11.8. The molecule has 8 nitrogen and oxygen atoms in total. The van der Waals surface area contributed by atoms with E-state index in [4.69, 9.17) is 10.8 Å². The van der Waals surface area contributed by atoms with Gasteiger partial charge in [-0.25, -0.2) is 13.2 Å². The lowest BCUT2D eigenvalue weighted by Crippen LogP contribution is -2.42. The Morgan fingerprint density at radius 1 is 0.848 bits per heavy atom. The van der Waals surface area contributed by atoms with Crippen LogP contribution in [-0.2, 0) is 35.3 Å². The number of amides is 1. The zero-order chi connectivity index (χ0) is 34.1. The molecule has 0 bridgehead atoms. The Labute approximate surface area is 266 Å². The molecule has 1 atom stereocenters. The highest BCUT2D eigenvalue weighted by Gasteiger charge is 2.40. The Bertz CT molecular complexity index is 1220. The van der Waals surface area contributed by atoms with Crippen LogP contribution >= 0.6 is 0 Å². The lowest BCUT2D eigenvalue weighted by atomic mass is 10.0. The molecule has 0 fully saturated rings. The van der Waals surface area contributed by atoms with Crippen LogP contribution in [0.3, 0.4) is 0 Å². The second-order valence-electron chi connectivity index (χ2n) is 11.8. The van der Waals surface area contributed by atoms with Crippen molar-refractivity contribution in [2.45, 2.75) is 135 Å². The number of benzene rings is 1. The molecule has 3 N–H and O–H groups in total. The number of carbonyl (C=O) groups excluding carboxylic acids is 1. The van der Waals surface area contributed by atoms with E-state index in [1.165, 1.54) is 75.5 Å². The van der Waals surface area contributed by atoms with Crippen LogP contribution < -0.4 is 5.73 Å². The molecule has 3 rings (SSSR count). The molecular weight excluding hydrogens is 616 g/mol. The van der Waals surface area contributed by atoms with Crippen LogP contribution in [0, 0.1) is 17.5 Å². The standard InChI is InChI=1S/C16H15F6N5O.C16H32O2/c17-10-6-12(19)11(18)4-8(10)3-9(23)5-14(28)26-1-2-27-13(7-26)24-25-15(27)16(20,21)22;1-2-3-4-5-6-7-8-9-10-11-12-13-14-15-16(17)18/h4,6,9H,1-3,5,7,23H2;2-15H2,1H3,(H,17,18)/t9-;/m1./s1. The molecule has 2 heterocycles. The molecule has 0 radical (unpaired) electrons. The summed E-state index contributed by atoms with van der Waals surface area (Å²) in [5.74, 6) is -5.80. The average Bonchev–Trinajstić information content (AvgIpc) is 3.43.